The Balaban J connectivity index is 1.45. The third-order valence-corrected chi connectivity index (χ3v) is 6.70. The first kappa shape index (κ1) is 26.4. The number of imidazole rings is 1. The van der Waals surface area contributed by atoms with E-state index in [0.29, 0.717) is 33.7 Å². The van der Waals surface area contributed by atoms with Gasteiger partial charge in [-0.3, -0.25) is 0 Å². The fourth-order valence-corrected chi connectivity index (χ4v) is 4.60. The number of aromatic carboxylic acids is 1. The lowest BCUT2D eigenvalue weighted by Gasteiger charge is -2.06. The maximum atomic E-state index is 13.6. The number of hydrogen-bond donors (Lipinski definition) is 1. The summed E-state index contributed by atoms with van der Waals surface area (Å²) in [5, 5.41) is 10.2. The Bertz CT molecular complexity index is 1700. The van der Waals surface area contributed by atoms with Crippen molar-refractivity contribution in [3.8, 4) is 22.4 Å². The van der Waals surface area contributed by atoms with Gasteiger partial charge in [-0.25, -0.2) is 18.6 Å². The molecule has 39 heavy (non-hydrogen) atoms. The Morgan fingerprint density at radius 3 is 2.23 bits per heavy atom. The van der Waals surface area contributed by atoms with Crippen LogP contribution in [0.25, 0.3) is 34.5 Å². The number of nitrogens with zero attached hydrogens (tertiary/aromatic N) is 2. The maximum absolute atomic E-state index is 13.6. The predicted molar refractivity (Wildman–Crippen MR) is 151 cm³/mol. The molecule has 8 heteroatoms. The maximum Gasteiger partial charge on any atom is 0.335 e. The Labute approximate surface area is 233 Å². The van der Waals surface area contributed by atoms with Crippen LogP contribution in [0, 0.1) is 11.6 Å². The molecule has 0 atom stereocenters. The summed E-state index contributed by atoms with van der Waals surface area (Å²) in [5.74, 6) is -2.10. The average molecular weight is 561 g/mol. The molecule has 0 saturated heterocycles. The lowest BCUT2D eigenvalue weighted by atomic mass is 10.0. The minimum Gasteiger partial charge on any atom is -0.478 e. The highest BCUT2D eigenvalue weighted by atomic mass is 35.5. The summed E-state index contributed by atoms with van der Waals surface area (Å²) < 4.78 is 28.9. The smallest absolute Gasteiger partial charge is 0.335 e. The molecule has 0 aliphatic carbocycles. The molecule has 194 valence electrons. The Hall–Kier alpha value is -4.26. The molecule has 1 heterocycles. The van der Waals surface area contributed by atoms with Crippen molar-refractivity contribution >= 4 is 41.3 Å². The molecule has 4 aromatic carbocycles. The predicted octanol–water partition coefficient (Wildman–Crippen LogP) is 8.72. The number of hydrogen-bond acceptors (Lipinski definition) is 2. The van der Waals surface area contributed by atoms with Crippen LogP contribution in [0.2, 0.25) is 10.0 Å². The molecular weight excluding hydrogens is 541 g/mol. The van der Waals surface area contributed by atoms with Crippen molar-refractivity contribution in [1.29, 1.82) is 0 Å². The molecule has 0 aliphatic rings. The van der Waals surface area contributed by atoms with Crippen LogP contribution in [-0.4, -0.2) is 20.6 Å². The van der Waals surface area contributed by atoms with Crippen molar-refractivity contribution in [1.82, 2.24) is 9.55 Å². The standard InChI is InChI=1S/C31H20Cl2F2N2O2/c32-24-11-12-25(26(33)16-24)29-18-37(17-20-3-8-22(9-4-20)31(38)39)30(36-29)14-5-19-1-6-21(7-2-19)23-10-13-27(34)28(35)15-23/h1-16,18H,17H2,(H,38,39)/b14-5+. The van der Waals surface area contributed by atoms with Crippen LogP contribution in [0.1, 0.15) is 27.3 Å². The lowest BCUT2D eigenvalue weighted by Crippen LogP contribution is -2.02. The molecule has 0 fully saturated rings. The van der Waals surface area contributed by atoms with E-state index in [4.69, 9.17) is 28.2 Å². The van der Waals surface area contributed by atoms with Crippen LogP contribution in [0.3, 0.4) is 0 Å². The molecule has 5 aromatic rings. The van der Waals surface area contributed by atoms with Gasteiger partial charge in [0.05, 0.1) is 16.3 Å². The number of benzene rings is 4. The summed E-state index contributed by atoms with van der Waals surface area (Å²) in [6.45, 7) is 0.451. The van der Waals surface area contributed by atoms with Crippen molar-refractivity contribution in [2.45, 2.75) is 6.54 Å². The molecule has 0 amide bonds. The summed E-state index contributed by atoms with van der Waals surface area (Å²) in [5.41, 5.74) is 4.73. The lowest BCUT2D eigenvalue weighted by molar-refractivity contribution is 0.0697. The fourth-order valence-electron chi connectivity index (χ4n) is 4.10. The average Bonchev–Trinajstić information content (AvgIpc) is 3.31. The normalized spacial score (nSPS) is 11.3. The molecule has 0 unspecified atom stereocenters. The highest BCUT2D eigenvalue weighted by Gasteiger charge is 2.12. The molecular formula is C31H20Cl2F2N2O2. The SMILES string of the molecule is O=C(O)c1ccc(Cn2cc(-c3ccc(Cl)cc3Cl)nc2/C=C/c2ccc(-c3ccc(F)c(F)c3)cc2)cc1. The van der Waals surface area contributed by atoms with Gasteiger partial charge in [0.1, 0.15) is 5.82 Å². The highest BCUT2D eigenvalue weighted by Crippen LogP contribution is 2.30. The van der Waals surface area contributed by atoms with Crippen molar-refractivity contribution in [3.05, 3.63) is 135 Å². The first-order valence-corrected chi connectivity index (χ1v) is 12.6. The molecule has 0 aliphatic heterocycles. The van der Waals surface area contributed by atoms with Gasteiger partial charge in [-0.15, -0.1) is 0 Å². The minimum absolute atomic E-state index is 0.213. The van der Waals surface area contributed by atoms with Crippen LogP contribution in [0.4, 0.5) is 8.78 Å². The Morgan fingerprint density at radius 2 is 1.56 bits per heavy atom. The third kappa shape index (κ3) is 6.08. The molecule has 1 N–H and O–H groups in total. The van der Waals surface area contributed by atoms with E-state index in [1.165, 1.54) is 12.1 Å². The van der Waals surface area contributed by atoms with Gasteiger partial charge in [-0.1, -0.05) is 71.7 Å². The second-order valence-corrected chi connectivity index (χ2v) is 9.67. The number of aromatic nitrogens is 2. The van der Waals surface area contributed by atoms with Gasteiger partial charge in [0.25, 0.3) is 0 Å². The van der Waals surface area contributed by atoms with Gasteiger partial charge >= 0.3 is 5.97 Å². The zero-order valence-corrected chi connectivity index (χ0v) is 21.8. The molecule has 5 rings (SSSR count). The van der Waals surface area contributed by atoms with Crippen molar-refractivity contribution in [2.24, 2.45) is 0 Å². The minimum atomic E-state index is -0.983. The van der Waals surface area contributed by atoms with Crippen LogP contribution < -0.4 is 0 Å². The van der Waals surface area contributed by atoms with E-state index in [1.54, 1.807) is 36.4 Å². The molecule has 0 radical (unpaired) electrons. The van der Waals surface area contributed by atoms with Crippen molar-refractivity contribution in [2.75, 3.05) is 0 Å². The van der Waals surface area contributed by atoms with Gasteiger partial charge < -0.3 is 9.67 Å². The number of halogens is 4. The molecule has 0 spiro atoms. The monoisotopic (exact) mass is 560 g/mol. The Morgan fingerprint density at radius 1 is 0.846 bits per heavy atom. The van der Waals surface area contributed by atoms with E-state index in [9.17, 15) is 18.7 Å². The third-order valence-electron chi connectivity index (χ3n) is 6.16. The summed E-state index contributed by atoms with van der Waals surface area (Å²) in [7, 11) is 0. The highest BCUT2D eigenvalue weighted by molar-refractivity contribution is 6.36. The second kappa shape index (κ2) is 11.2. The van der Waals surface area contributed by atoms with Gasteiger partial charge in [0.15, 0.2) is 11.6 Å². The molecule has 1 aromatic heterocycles. The van der Waals surface area contributed by atoms with Gasteiger partial charge in [0.2, 0.25) is 0 Å². The van der Waals surface area contributed by atoms with Crippen LogP contribution in [0.5, 0.6) is 0 Å². The van der Waals surface area contributed by atoms with Gasteiger partial charge in [-0.05, 0) is 70.8 Å². The number of carboxylic acids is 1. The van der Waals surface area contributed by atoms with E-state index < -0.39 is 17.6 Å². The van der Waals surface area contributed by atoms with Gasteiger partial charge in [-0.2, -0.15) is 0 Å². The van der Waals surface area contributed by atoms with Crippen LogP contribution >= 0.6 is 23.2 Å². The largest absolute Gasteiger partial charge is 0.478 e. The van der Waals surface area contributed by atoms with E-state index in [2.05, 4.69) is 0 Å². The molecule has 0 bridgehead atoms. The zero-order chi connectivity index (χ0) is 27.5. The summed E-state index contributed by atoms with van der Waals surface area (Å²) >= 11 is 12.5. The topological polar surface area (TPSA) is 55.1 Å². The quantitative estimate of drug-likeness (QED) is 0.216. The van der Waals surface area contributed by atoms with Crippen molar-refractivity contribution < 1.29 is 18.7 Å². The van der Waals surface area contributed by atoms with Crippen molar-refractivity contribution in [3.63, 3.8) is 0 Å². The van der Waals surface area contributed by atoms with E-state index >= 15 is 0 Å². The van der Waals surface area contributed by atoms with Crippen LogP contribution in [-0.2, 0) is 6.54 Å². The summed E-state index contributed by atoms with van der Waals surface area (Å²) in [4.78, 5) is 16.0. The first-order chi connectivity index (χ1) is 18.8. The van der Waals surface area contributed by atoms with Gasteiger partial charge in [0, 0.05) is 23.3 Å². The summed E-state index contributed by atoms with van der Waals surface area (Å²) in [6.07, 6.45) is 5.65. The molecule has 4 nitrogen and oxygen atoms in total. The second-order valence-electron chi connectivity index (χ2n) is 8.82. The summed E-state index contributed by atoms with van der Waals surface area (Å²) in [6, 6.07) is 23.1. The number of carboxylic acid groups (broad SMARTS) is 1. The van der Waals surface area contributed by atoms with E-state index in [0.717, 1.165) is 28.3 Å². The van der Waals surface area contributed by atoms with Crippen LogP contribution in [0.15, 0.2) is 91.1 Å². The molecule has 0 saturated carbocycles. The Kier molecular flexibility index (Phi) is 7.59. The van der Waals surface area contributed by atoms with E-state index in [1.807, 2.05) is 53.2 Å². The fraction of sp³-hybridized carbons (Fsp3) is 0.0323. The zero-order valence-electron chi connectivity index (χ0n) is 20.3. The van der Waals surface area contributed by atoms with E-state index in [-0.39, 0.29) is 5.56 Å². The number of carbonyl (C=O) groups is 1. The number of rotatable bonds is 7. The first-order valence-electron chi connectivity index (χ1n) is 11.9.